The number of hydrogen-bond acceptors (Lipinski definition) is 9. The summed E-state index contributed by atoms with van der Waals surface area (Å²) in [5.74, 6) is 0.680. The average molecular weight is 700 g/mol. The highest BCUT2D eigenvalue weighted by Crippen LogP contribution is 2.48. The van der Waals surface area contributed by atoms with E-state index in [0.717, 1.165) is 12.8 Å². The number of esters is 1. The third kappa shape index (κ3) is 9.70. The summed E-state index contributed by atoms with van der Waals surface area (Å²) in [4.78, 5) is 31.3. The number of carbonyl (C=O) groups is 2. The summed E-state index contributed by atoms with van der Waals surface area (Å²) in [6.07, 6.45) is 13.9. The SMILES string of the molecule is CC1(CCOc2cnn(-c3ccc(C(=O)O)c(Cl)n3)c2)CC1.CC1(CCOc2cnn(-c3ccc(C(=O)OC(C)(C)C)c(Cl)n3)c2)CC1. The first-order chi connectivity index (χ1) is 22.6. The molecule has 0 unspecified atom stereocenters. The number of rotatable bonds is 12. The second-order valence-corrected chi connectivity index (χ2v) is 14.6. The molecule has 1 N–H and O–H groups in total. The molecule has 0 aromatic carbocycles. The predicted molar refractivity (Wildman–Crippen MR) is 180 cm³/mol. The van der Waals surface area contributed by atoms with Gasteiger partial charge in [0.15, 0.2) is 23.1 Å². The van der Waals surface area contributed by atoms with Crippen LogP contribution in [0, 0.1) is 10.8 Å². The van der Waals surface area contributed by atoms with Crippen molar-refractivity contribution in [3.8, 4) is 23.1 Å². The fourth-order valence-electron chi connectivity index (χ4n) is 4.52. The number of carboxylic acids is 1. The summed E-state index contributed by atoms with van der Waals surface area (Å²) in [5, 5.41) is 17.3. The minimum atomic E-state index is -1.11. The molecule has 256 valence electrons. The molecule has 4 heterocycles. The van der Waals surface area contributed by atoms with Crippen LogP contribution in [-0.2, 0) is 4.74 Å². The van der Waals surface area contributed by atoms with E-state index in [4.69, 9.17) is 42.5 Å². The Kier molecular flexibility index (Phi) is 10.4. The monoisotopic (exact) mass is 698 g/mol. The van der Waals surface area contributed by atoms with Gasteiger partial charge in [-0.2, -0.15) is 10.2 Å². The first-order valence-corrected chi connectivity index (χ1v) is 16.5. The van der Waals surface area contributed by atoms with Crippen LogP contribution in [0.5, 0.6) is 11.5 Å². The van der Waals surface area contributed by atoms with E-state index in [9.17, 15) is 9.59 Å². The van der Waals surface area contributed by atoms with Crippen molar-refractivity contribution in [2.75, 3.05) is 13.2 Å². The maximum absolute atomic E-state index is 12.1. The number of halogens is 2. The van der Waals surface area contributed by atoms with Crippen LogP contribution in [0.15, 0.2) is 49.1 Å². The average Bonchev–Trinajstić information content (AvgIpc) is 3.77. The number of hydrogen-bond donors (Lipinski definition) is 1. The second-order valence-electron chi connectivity index (χ2n) is 13.9. The zero-order chi connectivity index (χ0) is 34.7. The van der Waals surface area contributed by atoms with E-state index in [1.807, 2.05) is 0 Å². The number of pyridine rings is 2. The first kappa shape index (κ1) is 35.2. The van der Waals surface area contributed by atoms with Gasteiger partial charge in [-0.1, -0.05) is 37.0 Å². The highest BCUT2D eigenvalue weighted by molar-refractivity contribution is 6.32. The lowest BCUT2D eigenvalue weighted by atomic mass is 10.1. The Bertz CT molecular complexity index is 1770. The smallest absolute Gasteiger partial charge is 0.341 e. The second kappa shape index (κ2) is 14.1. The van der Waals surface area contributed by atoms with Crippen LogP contribution >= 0.6 is 23.2 Å². The molecule has 6 rings (SSSR count). The summed E-state index contributed by atoms with van der Waals surface area (Å²) < 4.78 is 19.8. The van der Waals surface area contributed by atoms with Gasteiger partial charge in [0, 0.05) is 0 Å². The molecule has 2 saturated carbocycles. The van der Waals surface area contributed by atoms with Crippen molar-refractivity contribution in [3.63, 3.8) is 0 Å². The van der Waals surface area contributed by atoms with Gasteiger partial charge >= 0.3 is 11.9 Å². The van der Waals surface area contributed by atoms with Crippen molar-refractivity contribution in [3.05, 3.63) is 70.5 Å². The number of carbonyl (C=O) groups excluding carboxylic acids is 1. The molecule has 0 saturated heterocycles. The number of carboxylic acid groups (broad SMARTS) is 1. The molecule has 2 aliphatic rings. The highest BCUT2D eigenvalue weighted by Gasteiger charge is 2.37. The normalized spacial score (nSPS) is 15.6. The number of nitrogens with zero attached hydrogens (tertiary/aromatic N) is 6. The molecule has 0 radical (unpaired) electrons. The van der Waals surface area contributed by atoms with Crippen LogP contribution in [0.4, 0.5) is 0 Å². The molecule has 4 aromatic rings. The van der Waals surface area contributed by atoms with E-state index in [0.29, 0.717) is 47.2 Å². The number of aromatic nitrogens is 6. The molecule has 4 aromatic heterocycles. The standard InChI is InChI=1S/C19H24ClN3O3.C15H16ClN3O3/c1-18(2,3)26-17(24)14-5-6-15(22-16(14)20)23-12-13(11-21-23)25-10-9-19(4)7-8-19;1-15(4-5-15)6-7-22-10-8-17-19(9-10)12-3-2-11(14(20)21)13(16)18-12/h5-6,11-12H,7-10H2,1-4H3;2-3,8-9H,4-7H2,1H3,(H,20,21). The van der Waals surface area contributed by atoms with Gasteiger partial charge in [-0.15, -0.1) is 0 Å². The maximum atomic E-state index is 12.1. The zero-order valence-electron chi connectivity index (χ0n) is 27.7. The molecule has 12 nitrogen and oxygen atoms in total. The topological polar surface area (TPSA) is 143 Å². The highest BCUT2D eigenvalue weighted by atomic mass is 35.5. The van der Waals surface area contributed by atoms with Gasteiger partial charge in [0.25, 0.3) is 0 Å². The van der Waals surface area contributed by atoms with E-state index in [1.165, 1.54) is 36.4 Å². The quantitative estimate of drug-likeness (QED) is 0.116. The van der Waals surface area contributed by atoms with Gasteiger partial charge in [0.2, 0.25) is 0 Å². The predicted octanol–water partition coefficient (Wildman–Crippen LogP) is 7.63. The van der Waals surface area contributed by atoms with Gasteiger partial charge < -0.3 is 19.3 Å². The van der Waals surface area contributed by atoms with Gasteiger partial charge in [-0.3, -0.25) is 0 Å². The molecule has 2 fully saturated rings. The minimum Gasteiger partial charge on any atom is -0.490 e. The Morgan fingerprint density at radius 1 is 0.792 bits per heavy atom. The Hall–Kier alpha value is -4.16. The van der Waals surface area contributed by atoms with Gasteiger partial charge in [0.1, 0.15) is 15.9 Å². The Balaban J connectivity index is 0.000000190. The first-order valence-electron chi connectivity index (χ1n) is 15.8. The Labute approximate surface area is 289 Å². The lowest BCUT2D eigenvalue weighted by Gasteiger charge is -2.19. The minimum absolute atomic E-state index is 0.0354. The molecule has 14 heteroatoms. The van der Waals surface area contributed by atoms with Crippen molar-refractivity contribution in [1.82, 2.24) is 29.5 Å². The van der Waals surface area contributed by atoms with Gasteiger partial charge in [-0.05, 0) is 94.4 Å². The number of aromatic carboxylic acids is 1. The van der Waals surface area contributed by atoms with Crippen LogP contribution in [0.3, 0.4) is 0 Å². The third-order valence-corrected chi connectivity index (χ3v) is 8.84. The van der Waals surface area contributed by atoms with Crippen LogP contribution in [0.25, 0.3) is 11.6 Å². The van der Waals surface area contributed by atoms with E-state index in [1.54, 1.807) is 68.4 Å². The van der Waals surface area contributed by atoms with E-state index in [2.05, 4.69) is 34.0 Å². The van der Waals surface area contributed by atoms with Crippen molar-refractivity contribution >= 4 is 35.1 Å². The summed E-state index contributed by atoms with van der Waals surface area (Å²) >= 11 is 12.0. The van der Waals surface area contributed by atoms with Gasteiger partial charge in [0.05, 0.1) is 49.1 Å². The van der Waals surface area contributed by atoms with Crippen molar-refractivity contribution in [2.45, 2.75) is 78.7 Å². The van der Waals surface area contributed by atoms with Crippen LogP contribution in [0.2, 0.25) is 10.3 Å². The van der Waals surface area contributed by atoms with Crippen LogP contribution in [0.1, 0.15) is 93.9 Å². The molecule has 0 bridgehead atoms. The molecule has 0 spiro atoms. The summed E-state index contributed by atoms with van der Waals surface area (Å²) in [6, 6.07) is 6.22. The molecule has 2 aliphatic carbocycles. The largest absolute Gasteiger partial charge is 0.490 e. The third-order valence-electron chi connectivity index (χ3n) is 8.26. The fourth-order valence-corrected chi connectivity index (χ4v) is 4.98. The lowest BCUT2D eigenvalue weighted by Crippen LogP contribution is -2.24. The maximum Gasteiger partial charge on any atom is 0.341 e. The van der Waals surface area contributed by atoms with Crippen LogP contribution in [-0.4, -0.2) is 65.4 Å². The van der Waals surface area contributed by atoms with E-state index < -0.39 is 17.5 Å². The van der Waals surface area contributed by atoms with E-state index in [-0.39, 0.29) is 21.4 Å². The van der Waals surface area contributed by atoms with Crippen molar-refractivity contribution in [1.29, 1.82) is 0 Å². The zero-order valence-corrected chi connectivity index (χ0v) is 29.2. The van der Waals surface area contributed by atoms with Crippen molar-refractivity contribution in [2.24, 2.45) is 10.8 Å². The molecular formula is C34H40Cl2N6O6. The fraction of sp³-hybridized carbons (Fsp3) is 0.471. The molecular weight excluding hydrogens is 659 g/mol. The van der Waals surface area contributed by atoms with Crippen molar-refractivity contribution < 1.29 is 28.9 Å². The Morgan fingerprint density at radius 2 is 1.23 bits per heavy atom. The molecule has 0 aliphatic heterocycles. The van der Waals surface area contributed by atoms with Gasteiger partial charge in [-0.25, -0.2) is 28.9 Å². The molecule has 0 amide bonds. The van der Waals surface area contributed by atoms with E-state index >= 15 is 0 Å². The van der Waals surface area contributed by atoms with Crippen LogP contribution < -0.4 is 9.47 Å². The summed E-state index contributed by atoms with van der Waals surface area (Å²) in [7, 11) is 0. The summed E-state index contributed by atoms with van der Waals surface area (Å²) in [5.41, 5.74) is 0.517. The summed E-state index contributed by atoms with van der Waals surface area (Å²) in [6.45, 7) is 11.3. The molecule has 0 atom stereocenters. The number of ether oxygens (including phenoxy) is 3. The lowest BCUT2D eigenvalue weighted by molar-refractivity contribution is 0.00690. The molecule has 48 heavy (non-hydrogen) atoms. The Morgan fingerprint density at radius 3 is 1.60 bits per heavy atom.